The van der Waals surface area contributed by atoms with Crippen molar-refractivity contribution in [1.29, 1.82) is 0 Å². The summed E-state index contributed by atoms with van der Waals surface area (Å²) in [7, 11) is 1.90. The zero-order valence-corrected chi connectivity index (χ0v) is 30.7. The third kappa shape index (κ3) is 9.67. The number of aliphatic carboxylic acids is 1. The molecule has 50 heavy (non-hydrogen) atoms. The summed E-state index contributed by atoms with van der Waals surface area (Å²) >= 11 is 0. The molecule has 0 spiro atoms. The summed E-state index contributed by atoms with van der Waals surface area (Å²) in [4.78, 5) is 27.6. The van der Waals surface area contributed by atoms with E-state index in [1.165, 1.54) is 11.1 Å². The number of carbonyl (C=O) groups excluding carboxylic acids is 1. The van der Waals surface area contributed by atoms with Crippen molar-refractivity contribution in [2.45, 2.75) is 104 Å². The zero-order chi connectivity index (χ0) is 35.7. The van der Waals surface area contributed by atoms with Crippen LogP contribution >= 0.6 is 0 Å². The minimum absolute atomic E-state index is 0.0131. The quantitative estimate of drug-likeness (QED) is 0.148. The number of carboxylic acids is 1. The summed E-state index contributed by atoms with van der Waals surface area (Å²) in [6.07, 6.45) is 6.59. The molecular formula is C42H57N3O5. The first kappa shape index (κ1) is 37.4. The number of anilines is 3. The van der Waals surface area contributed by atoms with Gasteiger partial charge in [0.1, 0.15) is 0 Å². The van der Waals surface area contributed by atoms with Crippen LogP contribution in [0.1, 0.15) is 88.0 Å². The van der Waals surface area contributed by atoms with Crippen LogP contribution in [0.3, 0.4) is 0 Å². The standard InChI is InChI=1S/C42H57N3O5/c1-6-49-27-31-10-8-12-36(23-31)43-35-17-14-33(15-18-35)40(46)45(5)38-19-16-34(29(3)22-38)26-42(21-20-39(41(47)48)30(4)25-42)44-37-13-9-11-32(24-37)28-50-7-2/h8-13,16,19,22-24,30,33,35,39,43-44H,6-7,14-15,17-18,20-21,25-28H2,1-5H3,(H,47,48)/t30-,33?,35?,39-,42?/m0/s1. The smallest absolute Gasteiger partial charge is 0.306 e. The van der Waals surface area contributed by atoms with Gasteiger partial charge in [-0.05, 0) is 137 Å². The molecule has 8 nitrogen and oxygen atoms in total. The van der Waals surface area contributed by atoms with Crippen LogP contribution in [-0.4, -0.2) is 48.8 Å². The van der Waals surface area contributed by atoms with Crippen molar-refractivity contribution in [3.8, 4) is 0 Å². The van der Waals surface area contributed by atoms with E-state index in [9.17, 15) is 14.7 Å². The molecule has 8 heteroatoms. The number of nitrogens with zero attached hydrogens (tertiary/aromatic N) is 1. The van der Waals surface area contributed by atoms with E-state index in [-0.39, 0.29) is 29.2 Å². The van der Waals surface area contributed by atoms with Crippen molar-refractivity contribution >= 4 is 28.9 Å². The molecule has 1 unspecified atom stereocenters. The van der Waals surface area contributed by atoms with Crippen LogP contribution < -0.4 is 15.5 Å². The van der Waals surface area contributed by atoms with Gasteiger partial charge >= 0.3 is 5.97 Å². The Kier molecular flexibility index (Phi) is 13.0. The lowest BCUT2D eigenvalue weighted by atomic mass is 9.68. The Balaban J connectivity index is 1.23. The second kappa shape index (κ2) is 17.4. The molecule has 2 saturated carbocycles. The normalized spacial score (nSPS) is 23.6. The molecule has 0 bridgehead atoms. The number of amides is 1. The summed E-state index contributed by atoms with van der Waals surface area (Å²) in [5, 5.41) is 17.4. The van der Waals surface area contributed by atoms with E-state index in [0.29, 0.717) is 38.9 Å². The minimum Gasteiger partial charge on any atom is -0.481 e. The summed E-state index contributed by atoms with van der Waals surface area (Å²) in [6, 6.07) is 23.5. The fourth-order valence-corrected chi connectivity index (χ4v) is 8.07. The molecule has 270 valence electrons. The number of benzene rings is 3. The Morgan fingerprint density at radius 2 is 1.52 bits per heavy atom. The van der Waals surface area contributed by atoms with E-state index >= 15 is 0 Å². The number of ether oxygens (including phenoxy) is 2. The van der Waals surface area contributed by atoms with E-state index in [1.54, 1.807) is 0 Å². The predicted octanol–water partition coefficient (Wildman–Crippen LogP) is 8.62. The fourth-order valence-electron chi connectivity index (χ4n) is 8.07. The molecule has 2 aliphatic rings. The molecule has 0 heterocycles. The highest BCUT2D eigenvalue weighted by Crippen LogP contribution is 2.42. The van der Waals surface area contributed by atoms with Gasteiger partial charge in [0.25, 0.3) is 0 Å². The second-order valence-electron chi connectivity index (χ2n) is 14.6. The maximum absolute atomic E-state index is 13.7. The Hall–Kier alpha value is -3.88. The van der Waals surface area contributed by atoms with Crippen molar-refractivity contribution < 1.29 is 24.2 Å². The first-order valence-corrected chi connectivity index (χ1v) is 18.6. The number of hydrogen-bond donors (Lipinski definition) is 3. The Morgan fingerprint density at radius 3 is 2.12 bits per heavy atom. The molecule has 0 saturated heterocycles. The van der Waals surface area contributed by atoms with E-state index in [2.05, 4.69) is 91.2 Å². The SMILES string of the molecule is CCOCc1cccc(NC2CCC(C(=O)N(C)c3ccc(CC4(Nc5cccc(COCC)c5)CC[C@H](C(=O)O)[C@@H](C)C4)c(C)c3)CC2)c1. The molecule has 1 amide bonds. The lowest BCUT2D eigenvalue weighted by Gasteiger charge is -2.44. The third-order valence-electron chi connectivity index (χ3n) is 10.9. The van der Waals surface area contributed by atoms with Crippen molar-refractivity contribution in [2.24, 2.45) is 17.8 Å². The van der Waals surface area contributed by atoms with Crippen molar-refractivity contribution in [3.05, 3.63) is 89.0 Å². The number of carboxylic acid groups (broad SMARTS) is 1. The van der Waals surface area contributed by atoms with E-state index in [1.807, 2.05) is 25.8 Å². The molecule has 0 aromatic heterocycles. The number of rotatable bonds is 15. The topological polar surface area (TPSA) is 100 Å². The zero-order valence-electron chi connectivity index (χ0n) is 30.7. The molecular weight excluding hydrogens is 626 g/mol. The lowest BCUT2D eigenvalue weighted by Crippen LogP contribution is -2.48. The summed E-state index contributed by atoms with van der Waals surface area (Å²) < 4.78 is 11.2. The highest BCUT2D eigenvalue weighted by atomic mass is 16.5. The number of carbonyl (C=O) groups is 2. The summed E-state index contributed by atoms with van der Waals surface area (Å²) in [5.74, 6) is -0.801. The van der Waals surface area contributed by atoms with E-state index in [0.717, 1.165) is 73.1 Å². The monoisotopic (exact) mass is 683 g/mol. The van der Waals surface area contributed by atoms with Gasteiger partial charge in [-0.15, -0.1) is 0 Å². The fraction of sp³-hybridized carbons (Fsp3) is 0.524. The number of aryl methyl sites for hydroxylation is 1. The van der Waals surface area contributed by atoms with Crippen LogP contribution in [0.15, 0.2) is 66.7 Å². The van der Waals surface area contributed by atoms with Crippen LogP contribution in [0, 0.1) is 24.7 Å². The predicted molar refractivity (Wildman–Crippen MR) is 202 cm³/mol. The minimum atomic E-state index is -0.703. The van der Waals surface area contributed by atoms with Crippen molar-refractivity contribution in [1.82, 2.24) is 0 Å². The molecule has 2 aliphatic carbocycles. The third-order valence-corrected chi connectivity index (χ3v) is 10.9. The van der Waals surface area contributed by atoms with Crippen LogP contribution in [0.5, 0.6) is 0 Å². The van der Waals surface area contributed by atoms with E-state index < -0.39 is 5.97 Å². The van der Waals surface area contributed by atoms with Gasteiger partial charge in [-0.2, -0.15) is 0 Å². The van der Waals surface area contributed by atoms with E-state index in [4.69, 9.17) is 9.47 Å². The summed E-state index contributed by atoms with van der Waals surface area (Å²) in [5.41, 5.74) is 7.39. The van der Waals surface area contributed by atoms with Crippen LogP contribution in [0.4, 0.5) is 17.1 Å². The van der Waals surface area contributed by atoms with Crippen molar-refractivity contribution in [3.63, 3.8) is 0 Å². The molecule has 3 aromatic rings. The molecule has 3 atom stereocenters. The van der Waals surface area contributed by atoms with Gasteiger partial charge in [0.2, 0.25) is 5.91 Å². The molecule has 2 fully saturated rings. The molecule has 5 rings (SSSR count). The first-order chi connectivity index (χ1) is 24.1. The Bertz CT molecular complexity index is 1590. The molecule has 0 aliphatic heterocycles. The average molecular weight is 684 g/mol. The van der Waals surface area contributed by atoms with Crippen LogP contribution in [0.2, 0.25) is 0 Å². The summed E-state index contributed by atoms with van der Waals surface area (Å²) in [6.45, 7) is 10.7. The van der Waals surface area contributed by atoms with Crippen LogP contribution in [0.25, 0.3) is 0 Å². The van der Waals surface area contributed by atoms with Gasteiger partial charge in [-0.3, -0.25) is 9.59 Å². The van der Waals surface area contributed by atoms with Gasteiger partial charge in [0.15, 0.2) is 0 Å². The molecule has 3 aromatic carbocycles. The van der Waals surface area contributed by atoms with Gasteiger partial charge in [0, 0.05) is 54.8 Å². The largest absolute Gasteiger partial charge is 0.481 e. The Labute approximate surface area is 298 Å². The first-order valence-electron chi connectivity index (χ1n) is 18.6. The number of nitrogens with one attached hydrogen (secondary N) is 2. The highest BCUT2D eigenvalue weighted by molar-refractivity contribution is 5.94. The maximum Gasteiger partial charge on any atom is 0.306 e. The molecule has 3 N–H and O–H groups in total. The van der Waals surface area contributed by atoms with Crippen molar-refractivity contribution in [2.75, 3.05) is 35.8 Å². The van der Waals surface area contributed by atoms with Gasteiger partial charge in [0.05, 0.1) is 19.1 Å². The second-order valence-corrected chi connectivity index (χ2v) is 14.6. The number of hydrogen-bond acceptors (Lipinski definition) is 6. The maximum atomic E-state index is 13.7. The van der Waals surface area contributed by atoms with Crippen LogP contribution in [-0.2, 0) is 38.7 Å². The highest BCUT2D eigenvalue weighted by Gasteiger charge is 2.42. The molecule has 0 radical (unpaired) electrons. The van der Waals surface area contributed by atoms with Gasteiger partial charge in [-0.25, -0.2) is 0 Å². The Morgan fingerprint density at radius 1 is 0.880 bits per heavy atom. The van der Waals surface area contributed by atoms with Gasteiger partial charge in [-0.1, -0.05) is 37.3 Å². The lowest BCUT2D eigenvalue weighted by molar-refractivity contribution is -0.145. The average Bonchev–Trinajstić information content (AvgIpc) is 3.10. The van der Waals surface area contributed by atoms with Gasteiger partial charge < -0.3 is 30.1 Å².